The lowest BCUT2D eigenvalue weighted by atomic mass is 10.2. The summed E-state index contributed by atoms with van der Waals surface area (Å²) in [5.41, 5.74) is 0.512. The van der Waals surface area contributed by atoms with Gasteiger partial charge in [-0.2, -0.15) is 0 Å². The molecule has 0 aliphatic heterocycles. The molecule has 1 rings (SSSR count). The predicted octanol–water partition coefficient (Wildman–Crippen LogP) is 2.94. The number of carbonyl (C=O) groups excluding carboxylic acids is 2. The minimum atomic E-state index is -0.651. The number of ether oxygens (including phenoxy) is 2. The minimum absolute atomic E-state index is 0.204. The monoisotopic (exact) mass is 421 g/mol. The molecule has 0 bridgehead atoms. The molecule has 0 aromatic heterocycles. The quantitative estimate of drug-likeness (QED) is 0.516. The lowest BCUT2D eigenvalue weighted by Crippen LogP contribution is -2.37. The fraction of sp³-hybridized carbons (Fsp3) is 0.429. The van der Waals surface area contributed by atoms with Gasteiger partial charge in [-0.1, -0.05) is 0 Å². The van der Waals surface area contributed by atoms with E-state index in [1.807, 2.05) is 0 Å². The molecule has 5 nitrogen and oxygen atoms in total. The Labute approximate surface area is 140 Å². The van der Waals surface area contributed by atoms with Crippen molar-refractivity contribution < 1.29 is 19.1 Å². The van der Waals surface area contributed by atoms with Crippen molar-refractivity contribution in [2.45, 2.75) is 19.4 Å². The van der Waals surface area contributed by atoms with Crippen LogP contribution in [0.1, 0.15) is 23.7 Å². The number of rotatable bonds is 8. The number of hydrogen-bond acceptors (Lipinski definition) is 4. The van der Waals surface area contributed by atoms with Crippen LogP contribution in [0.4, 0.5) is 0 Å². The minimum Gasteiger partial charge on any atom is -0.479 e. The maximum Gasteiger partial charge on any atom is 0.260 e. The van der Waals surface area contributed by atoms with Gasteiger partial charge >= 0.3 is 0 Å². The van der Waals surface area contributed by atoms with Crippen LogP contribution in [0, 0.1) is 0 Å². The smallest absolute Gasteiger partial charge is 0.260 e. The van der Waals surface area contributed by atoms with Gasteiger partial charge in [-0.15, -0.1) is 0 Å². The molecule has 0 spiro atoms. The molecule has 1 atom stereocenters. The van der Waals surface area contributed by atoms with Crippen molar-refractivity contribution in [3.8, 4) is 5.75 Å². The number of methoxy groups -OCH3 is 1. The Morgan fingerprint density at radius 2 is 2.00 bits per heavy atom. The van der Waals surface area contributed by atoms with Gasteiger partial charge in [0.25, 0.3) is 5.91 Å². The number of aldehydes is 1. The number of hydrogen-bond donors (Lipinski definition) is 1. The third-order valence-corrected chi connectivity index (χ3v) is 3.82. The van der Waals surface area contributed by atoms with Crippen molar-refractivity contribution in [1.82, 2.24) is 5.32 Å². The topological polar surface area (TPSA) is 64.6 Å². The van der Waals surface area contributed by atoms with Crippen LogP contribution in [-0.2, 0) is 9.53 Å². The predicted molar refractivity (Wildman–Crippen MR) is 86.8 cm³/mol. The number of nitrogens with one attached hydrogen (secondary N) is 1. The molecule has 1 aromatic rings. The molecule has 1 aromatic carbocycles. The van der Waals surface area contributed by atoms with Gasteiger partial charge in [-0.3, -0.25) is 9.59 Å². The molecule has 0 radical (unpaired) electrons. The molecule has 0 saturated heterocycles. The number of carbonyl (C=O) groups is 2. The summed E-state index contributed by atoms with van der Waals surface area (Å²) in [6.45, 7) is 2.80. The van der Waals surface area contributed by atoms with Crippen LogP contribution in [0.5, 0.6) is 5.75 Å². The van der Waals surface area contributed by atoms with E-state index in [0.29, 0.717) is 33.4 Å². The third kappa shape index (κ3) is 5.76. The molecule has 0 heterocycles. The summed E-state index contributed by atoms with van der Waals surface area (Å²) in [4.78, 5) is 22.7. The highest BCUT2D eigenvalue weighted by Gasteiger charge is 2.18. The molecule has 116 valence electrons. The maximum absolute atomic E-state index is 11.9. The van der Waals surface area contributed by atoms with E-state index < -0.39 is 6.10 Å². The Hall–Kier alpha value is -0.920. The fourth-order valence-corrected chi connectivity index (χ4v) is 2.97. The van der Waals surface area contributed by atoms with Crippen molar-refractivity contribution in [1.29, 1.82) is 0 Å². The first kappa shape index (κ1) is 18.1. The molecule has 1 unspecified atom stereocenters. The Balaban J connectivity index is 2.64. The van der Waals surface area contributed by atoms with Crippen LogP contribution in [0.3, 0.4) is 0 Å². The van der Waals surface area contributed by atoms with Crippen LogP contribution >= 0.6 is 31.9 Å². The summed E-state index contributed by atoms with van der Waals surface area (Å²) in [7, 11) is 1.62. The van der Waals surface area contributed by atoms with E-state index in [-0.39, 0.29) is 5.91 Å². The summed E-state index contributed by atoms with van der Waals surface area (Å²) in [5, 5.41) is 2.77. The maximum atomic E-state index is 11.9. The number of amides is 1. The van der Waals surface area contributed by atoms with E-state index in [9.17, 15) is 9.59 Å². The summed E-state index contributed by atoms with van der Waals surface area (Å²) in [6.07, 6.45) is 0.837. The van der Waals surface area contributed by atoms with Gasteiger partial charge in [-0.25, -0.2) is 0 Å². The summed E-state index contributed by atoms with van der Waals surface area (Å²) < 4.78 is 11.8. The van der Waals surface area contributed by atoms with Crippen molar-refractivity contribution in [3.63, 3.8) is 0 Å². The van der Waals surface area contributed by atoms with Gasteiger partial charge in [-0.05, 0) is 57.3 Å². The molecule has 0 aliphatic rings. The zero-order valence-electron chi connectivity index (χ0n) is 11.8. The zero-order chi connectivity index (χ0) is 15.8. The molecule has 1 N–H and O–H groups in total. The highest BCUT2D eigenvalue weighted by molar-refractivity contribution is 9.11. The zero-order valence-corrected chi connectivity index (χ0v) is 15.0. The molecule has 21 heavy (non-hydrogen) atoms. The van der Waals surface area contributed by atoms with E-state index in [2.05, 4.69) is 37.2 Å². The van der Waals surface area contributed by atoms with E-state index in [4.69, 9.17) is 9.47 Å². The SMILES string of the molecule is COCCCNC(=O)C(C)Oc1c(Br)cc(C=O)cc1Br. The normalized spacial score (nSPS) is 11.8. The number of halogens is 2. The second-order valence-corrected chi connectivity index (χ2v) is 6.04. The van der Waals surface area contributed by atoms with E-state index in [0.717, 1.165) is 12.7 Å². The first-order chi connectivity index (χ1) is 9.99. The highest BCUT2D eigenvalue weighted by Crippen LogP contribution is 2.35. The van der Waals surface area contributed by atoms with Crippen molar-refractivity contribution in [3.05, 3.63) is 26.6 Å². The average molecular weight is 423 g/mol. The van der Waals surface area contributed by atoms with Gasteiger partial charge in [0.1, 0.15) is 12.0 Å². The van der Waals surface area contributed by atoms with Crippen molar-refractivity contribution in [2.75, 3.05) is 20.3 Å². The van der Waals surface area contributed by atoms with Crippen LogP contribution in [0.15, 0.2) is 21.1 Å². The lowest BCUT2D eigenvalue weighted by molar-refractivity contribution is -0.127. The summed E-state index contributed by atoms with van der Waals surface area (Å²) in [6, 6.07) is 3.27. The highest BCUT2D eigenvalue weighted by atomic mass is 79.9. The molecule has 0 fully saturated rings. The fourth-order valence-electron chi connectivity index (χ4n) is 1.56. The number of benzene rings is 1. The Kier molecular flexibility index (Phi) is 7.92. The summed E-state index contributed by atoms with van der Waals surface area (Å²) in [5.74, 6) is 0.282. The molecular formula is C14H17Br2NO4. The standard InChI is InChI=1S/C14H17Br2NO4/c1-9(14(19)17-4-3-5-20-2)21-13-11(15)6-10(8-18)7-12(13)16/h6-9H,3-5H2,1-2H3,(H,17,19). The van der Waals surface area contributed by atoms with Gasteiger partial charge in [0.2, 0.25) is 0 Å². The first-order valence-electron chi connectivity index (χ1n) is 6.37. The van der Waals surface area contributed by atoms with Crippen LogP contribution in [0.25, 0.3) is 0 Å². The van der Waals surface area contributed by atoms with Gasteiger partial charge in [0, 0.05) is 25.8 Å². The first-order valence-corrected chi connectivity index (χ1v) is 7.95. The third-order valence-electron chi connectivity index (χ3n) is 2.65. The van der Waals surface area contributed by atoms with Gasteiger partial charge in [0.15, 0.2) is 6.10 Å². The molecule has 1 amide bonds. The van der Waals surface area contributed by atoms with Crippen LogP contribution in [0.2, 0.25) is 0 Å². The van der Waals surface area contributed by atoms with E-state index in [1.165, 1.54) is 0 Å². The van der Waals surface area contributed by atoms with Gasteiger partial charge in [0.05, 0.1) is 8.95 Å². The van der Waals surface area contributed by atoms with E-state index in [1.54, 1.807) is 26.2 Å². The average Bonchev–Trinajstić information content (AvgIpc) is 2.46. The summed E-state index contributed by atoms with van der Waals surface area (Å²) >= 11 is 6.65. The van der Waals surface area contributed by atoms with Gasteiger partial charge < -0.3 is 14.8 Å². The Bertz CT molecular complexity index is 485. The van der Waals surface area contributed by atoms with Crippen molar-refractivity contribution in [2.24, 2.45) is 0 Å². The van der Waals surface area contributed by atoms with Crippen molar-refractivity contribution >= 4 is 44.1 Å². The molecule has 7 heteroatoms. The van der Waals surface area contributed by atoms with Crippen LogP contribution < -0.4 is 10.1 Å². The largest absolute Gasteiger partial charge is 0.479 e. The molecule has 0 aliphatic carbocycles. The Morgan fingerprint density at radius 3 is 2.52 bits per heavy atom. The lowest BCUT2D eigenvalue weighted by Gasteiger charge is -2.17. The van der Waals surface area contributed by atoms with E-state index >= 15 is 0 Å². The Morgan fingerprint density at radius 1 is 1.38 bits per heavy atom. The molecular weight excluding hydrogens is 406 g/mol. The second kappa shape index (κ2) is 9.17. The molecule has 0 saturated carbocycles. The second-order valence-electron chi connectivity index (χ2n) is 4.33. The van der Waals surface area contributed by atoms with Crippen LogP contribution in [-0.4, -0.2) is 38.6 Å².